The normalized spacial score (nSPS) is 10.4. The number of hydrogen-bond donors (Lipinski definition) is 1. The number of benzene rings is 2. The van der Waals surface area contributed by atoms with Gasteiger partial charge < -0.3 is 9.67 Å². The predicted octanol–water partition coefficient (Wildman–Crippen LogP) is 3.26. The summed E-state index contributed by atoms with van der Waals surface area (Å²) in [5.41, 5.74) is 2.77. The topological polar surface area (TPSA) is 66.0 Å². The zero-order valence-electron chi connectivity index (χ0n) is 11.2. The number of rotatable bonds is 3. The molecule has 4 nitrogen and oxygen atoms in total. The molecular weight excluding hydrogens is 264 g/mol. The highest BCUT2D eigenvalue weighted by molar-refractivity contribution is 5.93. The van der Waals surface area contributed by atoms with Gasteiger partial charge in [0.25, 0.3) is 0 Å². The van der Waals surface area contributed by atoms with Crippen LogP contribution < -0.4 is 0 Å². The van der Waals surface area contributed by atoms with E-state index in [4.69, 9.17) is 10.4 Å². The van der Waals surface area contributed by atoms with Crippen molar-refractivity contribution in [3.63, 3.8) is 0 Å². The Hall–Kier alpha value is -3.06. The molecule has 0 amide bonds. The van der Waals surface area contributed by atoms with Crippen molar-refractivity contribution in [3.05, 3.63) is 71.4 Å². The number of aromatic carboxylic acids is 1. The van der Waals surface area contributed by atoms with Gasteiger partial charge in [0.05, 0.1) is 17.2 Å². The second-order valence-corrected chi connectivity index (χ2v) is 4.83. The minimum absolute atomic E-state index is 0.272. The number of nitriles is 1. The summed E-state index contributed by atoms with van der Waals surface area (Å²) in [4.78, 5) is 11.1. The van der Waals surface area contributed by atoms with Gasteiger partial charge in [0.2, 0.25) is 0 Å². The number of carbonyl (C=O) groups is 1. The summed E-state index contributed by atoms with van der Waals surface area (Å²) in [5, 5.41) is 19.0. The predicted molar refractivity (Wildman–Crippen MR) is 79.2 cm³/mol. The molecular formula is C17H12N2O2. The summed E-state index contributed by atoms with van der Waals surface area (Å²) in [7, 11) is 0. The molecule has 0 bridgehead atoms. The van der Waals surface area contributed by atoms with Crippen LogP contribution in [0, 0.1) is 11.3 Å². The van der Waals surface area contributed by atoms with Gasteiger partial charge in [-0.25, -0.2) is 4.79 Å². The maximum atomic E-state index is 11.1. The molecule has 2 aromatic carbocycles. The zero-order chi connectivity index (χ0) is 14.8. The third-order valence-electron chi connectivity index (χ3n) is 3.43. The van der Waals surface area contributed by atoms with Crippen molar-refractivity contribution in [2.24, 2.45) is 0 Å². The average Bonchev–Trinajstić information content (AvgIpc) is 2.90. The first-order chi connectivity index (χ1) is 10.2. The molecule has 1 N–H and O–H groups in total. The van der Waals surface area contributed by atoms with Crippen LogP contribution in [0.25, 0.3) is 10.9 Å². The first kappa shape index (κ1) is 12.9. The highest BCUT2D eigenvalue weighted by Gasteiger charge is 2.07. The van der Waals surface area contributed by atoms with Gasteiger partial charge in [-0.15, -0.1) is 0 Å². The van der Waals surface area contributed by atoms with Gasteiger partial charge in [-0.1, -0.05) is 18.2 Å². The molecule has 0 aliphatic rings. The van der Waals surface area contributed by atoms with Crippen molar-refractivity contribution in [2.45, 2.75) is 6.54 Å². The van der Waals surface area contributed by atoms with E-state index in [1.807, 2.05) is 35.0 Å². The Labute approximate surface area is 121 Å². The van der Waals surface area contributed by atoms with Crippen LogP contribution >= 0.6 is 0 Å². The molecule has 0 spiro atoms. The number of carboxylic acids is 1. The summed E-state index contributed by atoms with van der Waals surface area (Å²) in [5.74, 6) is -0.934. The number of aromatic nitrogens is 1. The molecule has 3 rings (SSSR count). The van der Waals surface area contributed by atoms with Gasteiger partial charge in [-0.2, -0.15) is 5.26 Å². The van der Waals surface area contributed by atoms with Crippen molar-refractivity contribution >= 4 is 16.9 Å². The van der Waals surface area contributed by atoms with E-state index >= 15 is 0 Å². The Morgan fingerprint density at radius 3 is 2.81 bits per heavy atom. The second kappa shape index (κ2) is 5.14. The van der Waals surface area contributed by atoms with E-state index in [0.29, 0.717) is 12.1 Å². The Morgan fingerprint density at radius 1 is 1.19 bits per heavy atom. The maximum absolute atomic E-state index is 11.1. The van der Waals surface area contributed by atoms with E-state index in [1.165, 1.54) is 0 Å². The number of hydrogen-bond acceptors (Lipinski definition) is 2. The van der Waals surface area contributed by atoms with Crippen molar-refractivity contribution < 1.29 is 9.90 Å². The van der Waals surface area contributed by atoms with E-state index in [9.17, 15) is 4.79 Å². The van der Waals surface area contributed by atoms with Gasteiger partial charge in [0, 0.05) is 18.3 Å². The van der Waals surface area contributed by atoms with Crippen molar-refractivity contribution in [1.82, 2.24) is 4.57 Å². The van der Waals surface area contributed by atoms with Crippen molar-refractivity contribution in [2.75, 3.05) is 0 Å². The lowest BCUT2D eigenvalue weighted by atomic mass is 10.1. The van der Waals surface area contributed by atoms with E-state index < -0.39 is 5.97 Å². The first-order valence-electron chi connectivity index (χ1n) is 6.48. The minimum Gasteiger partial charge on any atom is -0.478 e. The minimum atomic E-state index is -0.934. The summed E-state index contributed by atoms with van der Waals surface area (Å²) in [6.45, 7) is 0.599. The van der Waals surface area contributed by atoms with Gasteiger partial charge in [-0.3, -0.25) is 0 Å². The van der Waals surface area contributed by atoms with Gasteiger partial charge in [0.15, 0.2) is 0 Å². The van der Waals surface area contributed by atoms with Gasteiger partial charge >= 0.3 is 5.97 Å². The van der Waals surface area contributed by atoms with Crippen LogP contribution in [-0.4, -0.2) is 15.6 Å². The molecule has 21 heavy (non-hydrogen) atoms. The molecule has 0 fully saturated rings. The molecule has 0 aliphatic carbocycles. The fraction of sp³-hybridized carbons (Fsp3) is 0.0588. The molecule has 102 valence electrons. The molecule has 0 saturated heterocycles. The molecule has 0 saturated carbocycles. The third kappa shape index (κ3) is 2.49. The molecule has 0 aliphatic heterocycles. The summed E-state index contributed by atoms with van der Waals surface area (Å²) in [6, 6.07) is 16.6. The lowest BCUT2D eigenvalue weighted by molar-refractivity contribution is 0.0697. The highest BCUT2D eigenvalue weighted by Crippen LogP contribution is 2.19. The average molecular weight is 276 g/mol. The van der Waals surface area contributed by atoms with Crippen LogP contribution in [0.4, 0.5) is 0 Å². The monoisotopic (exact) mass is 276 g/mol. The Balaban J connectivity index is 2.02. The summed E-state index contributed by atoms with van der Waals surface area (Å²) >= 11 is 0. The van der Waals surface area contributed by atoms with E-state index in [-0.39, 0.29) is 5.56 Å². The number of fused-ring (bicyclic) bond motifs is 1. The maximum Gasteiger partial charge on any atom is 0.335 e. The van der Waals surface area contributed by atoms with Gasteiger partial charge in [0.1, 0.15) is 0 Å². The lowest BCUT2D eigenvalue weighted by Crippen LogP contribution is -2.00. The smallest absolute Gasteiger partial charge is 0.335 e. The van der Waals surface area contributed by atoms with Crippen molar-refractivity contribution in [1.29, 1.82) is 5.26 Å². The molecule has 1 aromatic heterocycles. The SMILES string of the molecule is N#Cc1cccc(Cn2ccc3ccc(C(=O)O)cc32)c1. The fourth-order valence-electron chi connectivity index (χ4n) is 2.39. The molecule has 0 atom stereocenters. The fourth-order valence-corrected chi connectivity index (χ4v) is 2.39. The van der Waals surface area contributed by atoms with Crippen LogP contribution in [0.15, 0.2) is 54.7 Å². The Kier molecular flexibility index (Phi) is 3.17. The largest absolute Gasteiger partial charge is 0.478 e. The highest BCUT2D eigenvalue weighted by atomic mass is 16.4. The quantitative estimate of drug-likeness (QED) is 0.798. The summed E-state index contributed by atoms with van der Waals surface area (Å²) < 4.78 is 1.98. The Bertz CT molecular complexity index is 872. The Morgan fingerprint density at radius 2 is 2.05 bits per heavy atom. The summed E-state index contributed by atoms with van der Waals surface area (Å²) in [6.07, 6.45) is 1.93. The van der Waals surface area contributed by atoms with E-state index in [0.717, 1.165) is 16.5 Å². The lowest BCUT2D eigenvalue weighted by Gasteiger charge is -2.06. The van der Waals surface area contributed by atoms with E-state index in [1.54, 1.807) is 24.3 Å². The van der Waals surface area contributed by atoms with Crippen LogP contribution in [0.2, 0.25) is 0 Å². The molecule has 4 heteroatoms. The first-order valence-corrected chi connectivity index (χ1v) is 6.48. The van der Waals surface area contributed by atoms with E-state index in [2.05, 4.69) is 6.07 Å². The van der Waals surface area contributed by atoms with Crippen LogP contribution in [-0.2, 0) is 6.54 Å². The van der Waals surface area contributed by atoms with Crippen LogP contribution in [0.5, 0.6) is 0 Å². The molecule has 0 radical (unpaired) electrons. The van der Waals surface area contributed by atoms with Crippen LogP contribution in [0.3, 0.4) is 0 Å². The second-order valence-electron chi connectivity index (χ2n) is 4.83. The van der Waals surface area contributed by atoms with Gasteiger partial charge in [-0.05, 0) is 41.3 Å². The molecule has 3 aromatic rings. The molecule has 1 heterocycles. The third-order valence-corrected chi connectivity index (χ3v) is 3.43. The van der Waals surface area contributed by atoms with Crippen LogP contribution in [0.1, 0.15) is 21.5 Å². The molecule has 0 unspecified atom stereocenters. The van der Waals surface area contributed by atoms with Crippen molar-refractivity contribution in [3.8, 4) is 6.07 Å². The standard InChI is InChI=1S/C17H12N2O2/c18-10-12-2-1-3-13(8-12)11-19-7-6-14-4-5-15(17(20)21)9-16(14)19/h1-9H,11H2,(H,20,21). The number of nitrogens with zero attached hydrogens (tertiary/aromatic N) is 2. The zero-order valence-corrected chi connectivity index (χ0v) is 11.2. The number of carboxylic acid groups (broad SMARTS) is 1.